The van der Waals surface area contributed by atoms with Crippen molar-refractivity contribution in [2.45, 2.75) is 18.4 Å². The average molecular weight is 338 g/mol. The number of aliphatic imine (C=N–C) groups is 1. The monoisotopic (exact) mass is 338 g/mol. The first-order valence-corrected chi connectivity index (χ1v) is 8.68. The summed E-state index contributed by atoms with van der Waals surface area (Å²) in [5.74, 6) is 1.38. The Morgan fingerprint density at radius 1 is 0.846 bits per heavy atom. The Morgan fingerprint density at radius 2 is 1.50 bits per heavy atom. The molecule has 0 amide bonds. The van der Waals surface area contributed by atoms with Crippen LogP contribution in [0.25, 0.3) is 0 Å². The summed E-state index contributed by atoms with van der Waals surface area (Å²) in [6.45, 7) is 0. The Balaban J connectivity index is 1.97. The Kier molecular flexibility index (Phi) is 4.25. The van der Waals surface area contributed by atoms with Gasteiger partial charge >= 0.3 is 0 Å². The summed E-state index contributed by atoms with van der Waals surface area (Å²) >= 11 is 0. The van der Waals surface area contributed by atoms with Gasteiger partial charge in [-0.2, -0.15) is 5.26 Å². The van der Waals surface area contributed by atoms with Crippen molar-refractivity contribution in [1.82, 2.24) is 0 Å². The van der Waals surface area contributed by atoms with Gasteiger partial charge in [0, 0.05) is 17.5 Å². The zero-order valence-corrected chi connectivity index (χ0v) is 14.3. The van der Waals surface area contributed by atoms with Crippen molar-refractivity contribution in [3.05, 3.63) is 102 Å². The number of nitriles is 1. The number of rotatable bonds is 4. The lowest BCUT2D eigenvalue weighted by atomic mass is 9.78. The van der Waals surface area contributed by atoms with Crippen LogP contribution < -0.4 is 4.74 Å². The van der Waals surface area contributed by atoms with Gasteiger partial charge in [-0.15, -0.1) is 0 Å². The van der Waals surface area contributed by atoms with E-state index >= 15 is 0 Å². The highest BCUT2D eigenvalue weighted by Gasteiger charge is 2.40. The van der Waals surface area contributed by atoms with E-state index in [1.54, 1.807) is 0 Å². The van der Waals surface area contributed by atoms with Crippen LogP contribution in [0, 0.1) is 11.3 Å². The predicted molar refractivity (Wildman–Crippen MR) is 102 cm³/mol. The number of hydrogen-bond donors (Lipinski definition) is 0. The van der Waals surface area contributed by atoms with Gasteiger partial charge < -0.3 is 4.74 Å². The lowest BCUT2D eigenvalue weighted by molar-refractivity contribution is 0.420. The first kappa shape index (κ1) is 16.1. The highest BCUT2D eigenvalue weighted by molar-refractivity contribution is 5.97. The molecule has 3 heteroatoms. The number of hydrogen-bond acceptors (Lipinski definition) is 3. The minimum absolute atomic E-state index is 0.412. The van der Waals surface area contributed by atoms with E-state index in [2.05, 4.69) is 18.2 Å². The third kappa shape index (κ3) is 2.76. The van der Waals surface area contributed by atoms with Crippen molar-refractivity contribution in [1.29, 1.82) is 5.26 Å². The van der Waals surface area contributed by atoms with Gasteiger partial charge in [-0.1, -0.05) is 66.7 Å². The van der Waals surface area contributed by atoms with Crippen LogP contribution in [-0.2, 0) is 5.54 Å². The molecule has 0 spiro atoms. The first-order chi connectivity index (χ1) is 12.8. The fraction of sp³-hybridized carbons (Fsp3) is 0.130. The molecule has 0 aromatic heterocycles. The van der Waals surface area contributed by atoms with Crippen LogP contribution in [0.1, 0.15) is 29.5 Å². The van der Waals surface area contributed by atoms with Gasteiger partial charge in [-0.05, 0) is 30.2 Å². The van der Waals surface area contributed by atoms with Gasteiger partial charge in [-0.3, -0.25) is 0 Å². The topological polar surface area (TPSA) is 45.4 Å². The molecule has 3 aromatic rings. The third-order valence-corrected chi connectivity index (χ3v) is 4.70. The van der Waals surface area contributed by atoms with Crippen LogP contribution in [0.15, 0.2) is 89.9 Å². The zero-order chi connectivity index (χ0) is 17.8. The SMILES string of the molecule is N#CCCC1(c2ccccc2)N=C(c2ccccc2)Oc2ccccc21. The van der Waals surface area contributed by atoms with Gasteiger partial charge in [-0.25, -0.2) is 4.99 Å². The molecule has 126 valence electrons. The number of nitrogens with zero attached hydrogens (tertiary/aromatic N) is 2. The van der Waals surface area contributed by atoms with Crippen molar-refractivity contribution >= 4 is 5.90 Å². The normalized spacial score (nSPS) is 18.2. The summed E-state index contributed by atoms with van der Waals surface area (Å²) in [5, 5.41) is 9.26. The molecule has 3 nitrogen and oxygen atoms in total. The van der Waals surface area contributed by atoms with Gasteiger partial charge in [0.1, 0.15) is 11.3 Å². The van der Waals surface area contributed by atoms with Crippen LogP contribution in [-0.4, -0.2) is 5.90 Å². The smallest absolute Gasteiger partial charge is 0.223 e. The summed E-state index contributed by atoms with van der Waals surface area (Å²) in [6.07, 6.45) is 1.01. The number of ether oxygens (including phenoxy) is 1. The van der Waals surface area contributed by atoms with E-state index in [0.29, 0.717) is 18.7 Å². The second kappa shape index (κ2) is 6.85. The van der Waals surface area contributed by atoms with Crippen molar-refractivity contribution < 1.29 is 4.74 Å². The van der Waals surface area contributed by atoms with Crippen LogP contribution in [0.5, 0.6) is 5.75 Å². The van der Waals surface area contributed by atoms with E-state index in [1.165, 1.54) is 0 Å². The second-order valence-electron chi connectivity index (χ2n) is 6.27. The molecule has 0 radical (unpaired) electrons. The van der Waals surface area contributed by atoms with Crippen molar-refractivity contribution in [2.75, 3.05) is 0 Å². The molecule has 0 saturated carbocycles. The molecule has 1 aliphatic rings. The molecule has 0 saturated heterocycles. The van der Waals surface area contributed by atoms with Crippen molar-refractivity contribution in [3.8, 4) is 11.8 Å². The molecule has 26 heavy (non-hydrogen) atoms. The molecule has 3 aromatic carbocycles. The summed E-state index contributed by atoms with van der Waals surface area (Å²) in [6, 6.07) is 30.3. The number of benzene rings is 3. The largest absolute Gasteiger partial charge is 0.438 e. The fourth-order valence-corrected chi connectivity index (χ4v) is 3.47. The van der Waals surface area contributed by atoms with Crippen LogP contribution in [0.2, 0.25) is 0 Å². The Labute approximate surface area is 153 Å². The number of fused-ring (bicyclic) bond motifs is 1. The molecule has 1 atom stereocenters. The maximum absolute atomic E-state index is 9.26. The Bertz CT molecular complexity index is 974. The van der Waals surface area contributed by atoms with Crippen LogP contribution in [0.4, 0.5) is 0 Å². The van der Waals surface area contributed by atoms with Gasteiger partial charge in [0.2, 0.25) is 5.90 Å². The quantitative estimate of drug-likeness (QED) is 0.666. The highest BCUT2D eigenvalue weighted by atomic mass is 16.5. The standard InChI is InChI=1S/C23H18N2O/c24-17-9-16-23(19-12-5-2-6-13-19)20-14-7-8-15-21(20)26-22(25-23)18-10-3-1-4-11-18/h1-8,10-15H,9,16H2. The third-order valence-electron chi connectivity index (χ3n) is 4.70. The molecule has 1 unspecified atom stereocenters. The molecule has 0 N–H and O–H groups in total. The molecular weight excluding hydrogens is 320 g/mol. The molecule has 0 bridgehead atoms. The van der Waals surface area contributed by atoms with E-state index in [-0.39, 0.29) is 0 Å². The summed E-state index contributed by atoms with van der Waals surface area (Å²) in [7, 11) is 0. The molecule has 1 aliphatic heterocycles. The predicted octanol–water partition coefficient (Wildman–Crippen LogP) is 5.07. The van der Waals surface area contributed by atoms with E-state index in [0.717, 1.165) is 22.4 Å². The molecule has 0 fully saturated rings. The lowest BCUT2D eigenvalue weighted by Gasteiger charge is -2.36. The fourth-order valence-electron chi connectivity index (χ4n) is 3.47. The zero-order valence-electron chi connectivity index (χ0n) is 14.3. The van der Waals surface area contributed by atoms with Gasteiger partial charge in [0.15, 0.2) is 0 Å². The summed E-state index contributed by atoms with van der Waals surface area (Å²) in [5.41, 5.74) is 2.37. The maximum Gasteiger partial charge on any atom is 0.223 e. The van der Waals surface area contributed by atoms with Gasteiger partial charge in [0.25, 0.3) is 0 Å². The lowest BCUT2D eigenvalue weighted by Crippen LogP contribution is -2.33. The maximum atomic E-state index is 9.26. The Hall–Kier alpha value is -3.38. The van der Waals surface area contributed by atoms with E-state index in [4.69, 9.17) is 9.73 Å². The average Bonchev–Trinajstić information content (AvgIpc) is 2.73. The van der Waals surface area contributed by atoms with Crippen molar-refractivity contribution in [3.63, 3.8) is 0 Å². The van der Waals surface area contributed by atoms with E-state index in [9.17, 15) is 5.26 Å². The Morgan fingerprint density at radius 3 is 2.23 bits per heavy atom. The molecule has 0 aliphatic carbocycles. The van der Waals surface area contributed by atoms with Gasteiger partial charge in [0.05, 0.1) is 6.07 Å². The minimum atomic E-state index is -0.628. The van der Waals surface area contributed by atoms with E-state index < -0.39 is 5.54 Å². The summed E-state index contributed by atoms with van der Waals surface area (Å²) in [4.78, 5) is 5.08. The second-order valence-corrected chi connectivity index (χ2v) is 6.27. The first-order valence-electron chi connectivity index (χ1n) is 8.68. The molecule has 4 rings (SSSR count). The number of para-hydroxylation sites is 1. The summed E-state index contributed by atoms with van der Waals surface area (Å²) < 4.78 is 6.14. The van der Waals surface area contributed by atoms with Crippen LogP contribution >= 0.6 is 0 Å². The van der Waals surface area contributed by atoms with E-state index in [1.807, 2.05) is 72.8 Å². The highest BCUT2D eigenvalue weighted by Crippen LogP contribution is 2.45. The molecular formula is C23H18N2O. The molecule has 1 heterocycles. The van der Waals surface area contributed by atoms with Crippen LogP contribution in [0.3, 0.4) is 0 Å². The van der Waals surface area contributed by atoms with Crippen molar-refractivity contribution in [2.24, 2.45) is 4.99 Å². The minimum Gasteiger partial charge on any atom is -0.438 e.